The van der Waals surface area contributed by atoms with E-state index in [0.717, 1.165) is 6.07 Å². The Morgan fingerprint density at radius 3 is 2.43 bits per heavy atom. The maximum atomic E-state index is 12.5. The minimum absolute atomic E-state index is 0.0584. The van der Waals surface area contributed by atoms with Gasteiger partial charge in [0, 0.05) is 17.5 Å². The predicted octanol–water partition coefficient (Wildman–Crippen LogP) is 3.44. The van der Waals surface area contributed by atoms with Gasteiger partial charge in [-0.05, 0) is 25.5 Å². The third-order valence-corrected chi connectivity index (χ3v) is 1.81. The van der Waals surface area contributed by atoms with E-state index >= 15 is 0 Å². The van der Waals surface area contributed by atoms with Crippen LogP contribution < -0.4 is 0 Å². The number of nitrogens with zero attached hydrogens (tertiary/aromatic N) is 1. The van der Waals surface area contributed by atoms with Gasteiger partial charge < -0.3 is 0 Å². The number of aryl methyl sites for hydroxylation is 1. The van der Waals surface area contributed by atoms with Gasteiger partial charge in [-0.2, -0.15) is 13.2 Å². The van der Waals surface area contributed by atoms with Gasteiger partial charge in [0.05, 0.1) is 5.56 Å². The number of hydrogen-bond donors (Lipinski definition) is 0. The standard InChI is InChI=1S/C10H10F3N/c1-6(2)8-5-14-7(3)4-9(8)10(11,12)13/h4-5H,1H2,2-3H3. The lowest BCUT2D eigenvalue weighted by Crippen LogP contribution is -2.09. The molecule has 1 heterocycles. The van der Waals surface area contributed by atoms with Gasteiger partial charge in [0.2, 0.25) is 0 Å². The SMILES string of the molecule is C=C(C)c1cnc(C)cc1C(F)(F)F. The van der Waals surface area contributed by atoms with Crippen LogP contribution in [0.25, 0.3) is 5.57 Å². The second-order valence-corrected chi connectivity index (χ2v) is 3.15. The molecule has 0 saturated carbocycles. The largest absolute Gasteiger partial charge is 0.417 e. The highest BCUT2D eigenvalue weighted by Crippen LogP contribution is 2.34. The fraction of sp³-hybridized carbons (Fsp3) is 0.300. The Labute approximate surface area is 80.3 Å². The van der Waals surface area contributed by atoms with E-state index in [9.17, 15) is 13.2 Å². The van der Waals surface area contributed by atoms with E-state index < -0.39 is 11.7 Å². The molecule has 0 unspecified atom stereocenters. The molecule has 4 heteroatoms. The fourth-order valence-corrected chi connectivity index (χ4v) is 1.13. The summed E-state index contributed by atoms with van der Waals surface area (Å²) in [6.07, 6.45) is -3.14. The number of alkyl halides is 3. The molecule has 0 aliphatic heterocycles. The minimum atomic E-state index is -4.35. The fourth-order valence-electron chi connectivity index (χ4n) is 1.13. The monoisotopic (exact) mass is 201 g/mol. The van der Waals surface area contributed by atoms with Crippen molar-refractivity contribution in [1.82, 2.24) is 4.98 Å². The molecule has 1 aromatic rings. The third kappa shape index (κ3) is 2.13. The summed E-state index contributed by atoms with van der Waals surface area (Å²) in [6, 6.07) is 1.03. The van der Waals surface area contributed by atoms with Gasteiger partial charge in [-0.1, -0.05) is 6.58 Å². The maximum Gasteiger partial charge on any atom is 0.417 e. The predicted molar refractivity (Wildman–Crippen MR) is 48.7 cm³/mol. The van der Waals surface area contributed by atoms with Crippen LogP contribution in [-0.4, -0.2) is 4.98 Å². The summed E-state index contributed by atoms with van der Waals surface area (Å²) < 4.78 is 37.6. The van der Waals surface area contributed by atoms with Gasteiger partial charge in [-0.3, -0.25) is 4.98 Å². The summed E-state index contributed by atoms with van der Waals surface area (Å²) in [5.41, 5.74) is 0.104. The van der Waals surface area contributed by atoms with Crippen molar-refractivity contribution < 1.29 is 13.2 Å². The molecule has 0 fully saturated rings. The summed E-state index contributed by atoms with van der Waals surface area (Å²) in [6.45, 7) is 6.54. The molecular formula is C10H10F3N. The Morgan fingerprint density at radius 1 is 1.43 bits per heavy atom. The summed E-state index contributed by atoms with van der Waals surface area (Å²) in [5, 5.41) is 0. The molecule has 76 valence electrons. The van der Waals surface area contributed by atoms with Crippen molar-refractivity contribution in [3.05, 3.63) is 35.7 Å². The van der Waals surface area contributed by atoms with Crippen molar-refractivity contribution in [1.29, 1.82) is 0 Å². The van der Waals surface area contributed by atoms with Gasteiger partial charge >= 0.3 is 6.18 Å². The number of rotatable bonds is 1. The van der Waals surface area contributed by atoms with Gasteiger partial charge in [0.1, 0.15) is 0 Å². The summed E-state index contributed by atoms with van der Waals surface area (Å²) in [4.78, 5) is 3.81. The molecule has 0 atom stereocenters. The van der Waals surface area contributed by atoms with E-state index in [1.165, 1.54) is 20.0 Å². The second-order valence-electron chi connectivity index (χ2n) is 3.15. The smallest absolute Gasteiger partial charge is 0.261 e. The average molecular weight is 201 g/mol. The van der Waals surface area contributed by atoms with Crippen LogP contribution in [0.1, 0.15) is 23.7 Å². The van der Waals surface area contributed by atoms with Crippen LogP contribution in [0.15, 0.2) is 18.8 Å². The molecule has 14 heavy (non-hydrogen) atoms. The molecule has 0 N–H and O–H groups in total. The van der Waals surface area contributed by atoms with Crippen LogP contribution in [0.5, 0.6) is 0 Å². The molecule has 0 aromatic carbocycles. The van der Waals surface area contributed by atoms with Crippen LogP contribution in [0.4, 0.5) is 13.2 Å². The molecule has 0 radical (unpaired) electrons. The van der Waals surface area contributed by atoms with Crippen LogP contribution >= 0.6 is 0 Å². The number of pyridine rings is 1. The molecule has 0 spiro atoms. The highest BCUT2D eigenvalue weighted by atomic mass is 19.4. The number of allylic oxidation sites excluding steroid dienone is 1. The van der Waals surface area contributed by atoms with Crippen molar-refractivity contribution in [2.24, 2.45) is 0 Å². The van der Waals surface area contributed by atoms with Crippen molar-refractivity contribution >= 4 is 5.57 Å². The molecule has 1 aromatic heterocycles. The molecule has 0 amide bonds. The molecular weight excluding hydrogens is 191 g/mol. The van der Waals surface area contributed by atoms with Gasteiger partial charge in [0.15, 0.2) is 0 Å². The Balaban J connectivity index is 3.38. The highest BCUT2D eigenvalue weighted by molar-refractivity contribution is 5.64. The van der Waals surface area contributed by atoms with E-state index in [4.69, 9.17) is 0 Å². The second kappa shape index (κ2) is 3.44. The lowest BCUT2D eigenvalue weighted by Gasteiger charge is -2.12. The first kappa shape index (κ1) is 10.8. The van der Waals surface area contributed by atoms with Gasteiger partial charge in [0.25, 0.3) is 0 Å². The Hall–Kier alpha value is -1.32. The molecule has 1 rings (SSSR count). The maximum absolute atomic E-state index is 12.5. The molecule has 1 nitrogen and oxygen atoms in total. The zero-order chi connectivity index (χ0) is 10.9. The van der Waals surface area contributed by atoms with E-state index in [2.05, 4.69) is 11.6 Å². The quantitative estimate of drug-likeness (QED) is 0.678. The number of aromatic nitrogens is 1. The van der Waals surface area contributed by atoms with Crippen molar-refractivity contribution in [2.75, 3.05) is 0 Å². The lowest BCUT2D eigenvalue weighted by molar-refractivity contribution is -0.137. The molecule has 0 bridgehead atoms. The number of hydrogen-bond acceptors (Lipinski definition) is 1. The van der Waals surface area contributed by atoms with E-state index in [1.807, 2.05) is 0 Å². The van der Waals surface area contributed by atoms with Crippen LogP contribution in [0, 0.1) is 6.92 Å². The summed E-state index contributed by atoms with van der Waals surface area (Å²) >= 11 is 0. The summed E-state index contributed by atoms with van der Waals surface area (Å²) in [5.74, 6) is 0. The van der Waals surface area contributed by atoms with E-state index in [1.54, 1.807) is 0 Å². The van der Waals surface area contributed by atoms with Crippen molar-refractivity contribution in [3.63, 3.8) is 0 Å². The lowest BCUT2D eigenvalue weighted by atomic mass is 10.0. The van der Waals surface area contributed by atoms with Crippen LogP contribution in [-0.2, 0) is 6.18 Å². The Bertz CT molecular complexity index is 366. The van der Waals surface area contributed by atoms with Crippen LogP contribution in [0.2, 0.25) is 0 Å². The topological polar surface area (TPSA) is 12.9 Å². The molecule has 0 aliphatic carbocycles. The Kier molecular flexibility index (Phi) is 2.64. The highest BCUT2D eigenvalue weighted by Gasteiger charge is 2.33. The van der Waals surface area contributed by atoms with Crippen molar-refractivity contribution in [2.45, 2.75) is 20.0 Å². The first-order valence-corrected chi connectivity index (χ1v) is 4.02. The third-order valence-electron chi connectivity index (χ3n) is 1.81. The van der Waals surface area contributed by atoms with Crippen molar-refractivity contribution in [3.8, 4) is 0 Å². The zero-order valence-corrected chi connectivity index (χ0v) is 7.94. The first-order chi connectivity index (χ1) is 6.32. The zero-order valence-electron chi connectivity index (χ0n) is 7.94. The molecule has 0 aliphatic rings. The van der Waals surface area contributed by atoms with Crippen LogP contribution in [0.3, 0.4) is 0 Å². The van der Waals surface area contributed by atoms with Gasteiger partial charge in [-0.15, -0.1) is 0 Å². The van der Waals surface area contributed by atoms with E-state index in [-0.39, 0.29) is 5.56 Å². The van der Waals surface area contributed by atoms with Gasteiger partial charge in [-0.25, -0.2) is 0 Å². The average Bonchev–Trinajstić information content (AvgIpc) is 2.01. The summed E-state index contributed by atoms with van der Waals surface area (Å²) in [7, 11) is 0. The minimum Gasteiger partial charge on any atom is -0.261 e. The number of halogens is 3. The normalized spacial score (nSPS) is 11.5. The van der Waals surface area contributed by atoms with E-state index in [0.29, 0.717) is 11.3 Å². The Morgan fingerprint density at radius 2 is 2.00 bits per heavy atom. The molecule has 0 saturated heterocycles. The first-order valence-electron chi connectivity index (χ1n) is 4.02.